The van der Waals surface area contributed by atoms with Gasteiger partial charge in [-0.3, -0.25) is 9.69 Å². The number of nitrogens with zero attached hydrogens (tertiary/aromatic N) is 2. The van der Waals surface area contributed by atoms with Crippen LogP contribution >= 0.6 is 11.3 Å². The molecule has 2 rings (SSSR count). The Kier molecular flexibility index (Phi) is 3.94. The van der Waals surface area contributed by atoms with Gasteiger partial charge in [0.15, 0.2) is 5.78 Å². The van der Waals surface area contributed by atoms with Crippen LogP contribution in [0.2, 0.25) is 0 Å². The van der Waals surface area contributed by atoms with Crippen LogP contribution in [-0.2, 0) is 6.54 Å². The maximum atomic E-state index is 11.6. The molecular weight excluding hydrogens is 232 g/mol. The summed E-state index contributed by atoms with van der Waals surface area (Å²) in [4.78, 5) is 19.5. The van der Waals surface area contributed by atoms with Crippen LogP contribution in [0.25, 0.3) is 0 Å². The van der Waals surface area contributed by atoms with Crippen molar-refractivity contribution in [1.82, 2.24) is 9.88 Å². The van der Waals surface area contributed by atoms with E-state index in [-0.39, 0.29) is 5.78 Å². The average Bonchev–Trinajstić information content (AvgIpc) is 3.07. The van der Waals surface area contributed by atoms with Crippen molar-refractivity contribution in [1.29, 1.82) is 0 Å². The normalized spacial score (nSPS) is 15.5. The van der Waals surface area contributed by atoms with Gasteiger partial charge < -0.3 is 0 Å². The molecule has 0 amide bonds. The van der Waals surface area contributed by atoms with Gasteiger partial charge in [-0.2, -0.15) is 0 Å². The maximum absolute atomic E-state index is 11.6. The third-order valence-corrected chi connectivity index (χ3v) is 4.39. The number of aromatic nitrogens is 1. The smallest absolute Gasteiger partial charge is 0.171 e. The number of Topliss-reactive ketones (excluding diaryl/α,β-unsaturated/α-hetero) is 1. The number of hydrogen-bond donors (Lipinski definition) is 0. The van der Waals surface area contributed by atoms with Crippen molar-refractivity contribution in [3.8, 4) is 0 Å². The van der Waals surface area contributed by atoms with Crippen molar-refractivity contribution < 1.29 is 4.79 Å². The van der Waals surface area contributed by atoms with Crippen molar-refractivity contribution in [2.75, 3.05) is 13.1 Å². The highest BCUT2D eigenvalue weighted by molar-refractivity contribution is 7.13. The van der Waals surface area contributed by atoms with Crippen molar-refractivity contribution in [2.24, 2.45) is 0 Å². The molecular formula is C13H20N2OS. The van der Waals surface area contributed by atoms with E-state index in [0.29, 0.717) is 5.92 Å². The summed E-state index contributed by atoms with van der Waals surface area (Å²) in [5.74, 6) is 0.741. The van der Waals surface area contributed by atoms with Gasteiger partial charge in [-0.15, -0.1) is 11.3 Å². The first-order chi connectivity index (χ1) is 8.15. The zero-order valence-corrected chi connectivity index (χ0v) is 11.6. The standard InChI is InChI=1S/C13H20N2OS/c1-4-15(5-2)8-11-14-12(10-6-7-10)13(17-11)9(3)16/h10H,4-8H2,1-3H3. The molecule has 0 unspecified atom stereocenters. The highest BCUT2D eigenvalue weighted by atomic mass is 32.1. The number of rotatable bonds is 6. The second-order valence-electron chi connectivity index (χ2n) is 4.61. The molecule has 1 fully saturated rings. The average molecular weight is 252 g/mol. The molecule has 0 radical (unpaired) electrons. The van der Waals surface area contributed by atoms with Gasteiger partial charge >= 0.3 is 0 Å². The lowest BCUT2D eigenvalue weighted by Crippen LogP contribution is -2.21. The Morgan fingerprint density at radius 3 is 2.53 bits per heavy atom. The fourth-order valence-electron chi connectivity index (χ4n) is 1.97. The molecule has 94 valence electrons. The van der Waals surface area contributed by atoms with E-state index in [4.69, 9.17) is 0 Å². The van der Waals surface area contributed by atoms with Gasteiger partial charge in [0.2, 0.25) is 0 Å². The minimum Gasteiger partial charge on any atom is -0.297 e. The summed E-state index contributed by atoms with van der Waals surface area (Å²) >= 11 is 1.59. The van der Waals surface area contributed by atoms with E-state index in [1.165, 1.54) is 12.8 Å². The number of hydrogen-bond acceptors (Lipinski definition) is 4. The molecule has 0 bridgehead atoms. The second kappa shape index (κ2) is 5.27. The van der Waals surface area contributed by atoms with Crippen LogP contribution in [0.1, 0.15) is 59.9 Å². The van der Waals surface area contributed by atoms with E-state index in [2.05, 4.69) is 23.7 Å². The number of carbonyl (C=O) groups excluding carboxylic acids is 1. The van der Waals surface area contributed by atoms with Crippen LogP contribution in [0.15, 0.2) is 0 Å². The molecule has 0 atom stereocenters. The Balaban J connectivity index is 2.18. The molecule has 0 spiro atoms. The summed E-state index contributed by atoms with van der Waals surface area (Å²) in [7, 11) is 0. The monoisotopic (exact) mass is 252 g/mol. The molecule has 0 aliphatic heterocycles. The Labute approximate surface area is 107 Å². The quantitative estimate of drug-likeness (QED) is 0.730. The third kappa shape index (κ3) is 2.93. The van der Waals surface area contributed by atoms with E-state index in [1.54, 1.807) is 18.3 Å². The SMILES string of the molecule is CCN(CC)Cc1nc(C2CC2)c(C(C)=O)s1. The molecule has 1 aliphatic rings. The van der Waals surface area contributed by atoms with Crippen LogP contribution < -0.4 is 0 Å². The summed E-state index contributed by atoms with van der Waals surface area (Å²) in [5, 5.41) is 1.10. The van der Waals surface area contributed by atoms with Crippen LogP contribution in [0, 0.1) is 0 Å². The molecule has 1 saturated carbocycles. The van der Waals surface area contributed by atoms with E-state index in [0.717, 1.165) is 35.2 Å². The van der Waals surface area contributed by atoms with Crippen LogP contribution in [0.3, 0.4) is 0 Å². The topological polar surface area (TPSA) is 33.2 Å². The molecule has 1 aliphatic carbocycles. The summed E-state index contributed by atoms with van der Waals surface area (Å²) in [6, 6.07) is 0. The van der Waals surface area contributed by atoms with Gasteiger partial charge in [0.05, 0.1) is 17.1 Å². The fourth-order valence-corrected chi connectivity index (χ4v) is 3.06. The minimum absolute atomic E-state index is 0.176. The summed E-state index contributed by atoms with van der Waals surface area (Å²) < 4.78 is 0. The van der Waals surface area contributed by atoms with Crippen molar-refractivity contribution in [3.63, 3.8) is 0 Å². The molecule has 3 nitrogen and oxygen atoms in total. The molecule has 17 heavy (non-hydrogen) atoms. The van der Waals surface area contributed by atoms with Gasteiger partial charge in [-0.25, -0.2) is 4.98 Å². The first-order valence-corrected chi connectivity index (χ1v) is 7.20. The lowest BCUT2D eigenvalue weighted by atomic mass is 10.2. The Morgan fingerprint density at radius 1 is 1.41 bits per heavy atom. The number of carbonyl (C=O) groups is 1. The summed E-state index contributed by atoms with van der Waals surface area (Å²) in [6.07, 6.45) is 2.41. The largest absolute Gasteiger partial charge is 0.297 e. The number of thiazole rings is 1. The van der Waals surface area contributed by atoms with Gasteiger partial charge in [-0.1, -0.05) is 13.8 Å². The van der Waals surface area contributed by atoms with Gasteiger partial charge in [0.25, 0.3) is 0 Å². The van der Waals surface area contributed by atoms with Crippen molar-refractivity contribution in [3.05, 3.63) is 15.6 Å². The highest BCUT2D eigenvalue weighted by Crippen LogP contribution is 2.42. The molecule has 0 N–H and O–H groups in total. The molecule has 1 aromatic rings. The zero-order valence-electron chi connectivity index (χ0n) is 10.8. The van der Waals surface area contributed by atoms with Gasteiger partial charge in [0.1, 0.15) is 5.01 Å². The lowest BCUT2D eigenvalue weighted by Gasteiger charge is -2.15. The second-order valence-corrected chi connectivity index (χ2v) is 5.70. The van der Waals surface area contributed by atoms with Crippen molar-refractivity contribution in [2.45, 2.75) is 46.1 Å². The Hall–Kier alpha value is -0.740. The van der Waals surface area contributed by atoms with Crippen LogP contribution in [0.5, 0.6) is 0 Å². The molecule has 1 aromatic heterocycles. The molecule has 0 saturated heterocycles. The van der Waals surface area contributed by atoms with Crippen LogP contribution in [0.4, 0.5) is 0 Å². The maximum Gasteiger partial charge on any atom is 0.171 e. The van der Waals surface area contributed by atoms with E-state index in [1.807, 2.05) is 0 Å². The predicted octanol–water partition coefficient (Wildman–Crippen LogP) is 3.06. The van der Waals surface area contributed by atoms with E-state index in [9.17, 15) is 4.79 Å². The minimum atomic E-state index is 0.176. The van der Waals surface area contributed by atoms with Crippen molar-refractivity contribution >= 4 is 17.1 Å². The zero-order chi connectivity index (χ0) is 12.4. The fraction of sp³-hybridized carbons (Fsp3) is 0.692. The first-order valence-electron chi connectivity index (χ1n) is 6.38. The lowest BCUT2D eigenvalue weighted by molar-refractivity contribution is 0.102. The molecule has 4 heteroatoms. The predicted molar refractivity (Wildman–Crippen MR) is 70.7 cm³/mol. The highest BCUT2D eigenvalue weighted by Gasteiger charge is 2.31. The Bertz CT molecular complexity index is 406. The summed E-state index contributed by atoms with van der Waals surface area (Å²) in [6.45, 7) is 8.91. The van der Waals surface area contributed by atoms with E-state index >= 15 is 0 Å². The molecule has 0 aromatic carbocycles. The van der Waals surface area contributed by atoms with E-state index < -0.39 is 0 Å². The Morgan fingerprint density at radius 2 is 2.06 bits per heavy atom. The van der Waals surface area contributed by atoms with Crippen LogP contribution in [-0.4, -0.2) is 28.8 Å². The first kappa shape index (κ1) is 12.7. The van der Waals surface area contributed by atoms with Gasteiger partial charge in [-0.05, 0) is 25.9 Å². The summed E-state index contributed by atoms with van der Waals surface area (Å²) in [5.41, 5.74) is 1.07. The third-order valence-electron chi connectivity index (χ3n) is 3.23. The molecule has 1 heterocycles. The number of ketones is 1. The van der Waals surface area contributed by atoms with Gasteiger partial charge in [0, 0.05) is 12.8 Å².